The van der Waals surface area contributed by atoms with Gasteiger partial charge in [-0.15, -0.1) is 0 Å². The number of anilines is 1. The third-order valence-corrected chi connectivity index (χ3v) is 6.89. The van der Waals surface area contributed by atoms with E-state index in [1.54, 1.807) is 49.4 Å². The summed E-state index contributed by atoms with van der Waals surface area (Å²) in [5, 5.41) is 3.23. The van der Waals surface area contributed by atoms with Gasteiger partial charge in [-0.1, -0.05) is 36.2 Å². The third-order valence-electron chi connectivity index (χ3n) is 5.01. The van der Waals surface area contributed by atoms with Crippen LogP contribution in [0.3, 0.4) is 0 Å². The van der Waals surface area contributed by atoms with E-state index < -0.39 is 28.5 Å². The van der Waals surface area contributed by atoms with Crippen molar-refractivity contribution in [1.82, 2.24) is 10.2 Å². The molecule has 0 aliphatic heterocycles. The first-order chi connectivity index (χ1) is 15.5. The number of likely N-dealkylation sites (N-methyl/N-ethyl adjacent to an activating group) is 1. The lowest BCUT2D eigenvalue weighted by Gasteiger charge is -2.32. The van der Waals surface area contributed by atoms with Crippen LogP contribution in [-0.2, 0) is 26.2 Å². The number of halogens is 2. The fourth-order valence-corrected chi connectivity index (χ4v) is 4.45. The molecule has 2 aromatic rings. The van der Waals surface area contributed by atoms with Crippen molar-refractivity contribution in [2.24, 2.45) is 0 Å². The molecular formula is C22H27Cl2N3O5S. The van der Waals surface area contributed by atoms with Crippen LogP contribution in [-0.4, -0.2) is 58.1 Å². The van der Waals surface area contributed by atoms with Gasteiger partial charge in [-0.05, 0) is 48.4 Å². The van der Waals surface area contributed by atoms with Crippen molar-refractivity contribution in [3.8, 4) is 5.75 Å². The Morgan fingerprint density at radius 2 is 1.73 bits per heavy atom. The smallest absolute Gasteiger partial charge is 0.244 e. The normalized spacial score (nSPS) is 12.1. The van der Waals surface area contributed by atoms with E-state index in [-0.39, 0.29) is 12.5 Å². The molecule has 2 rings (SSSR count). The Morgan fingerprint density at radius 1 is 1.09 bits per heavy atom. The number of benzene rings is 2. The van der Waals surface area contributed by atoms with Gasteiger partial charge in [0.2, 0.25) is 21.8 Å². The van der Waals surface area contributed by atoms with Crippen LogP contribution in [0.15, 0.2) is 42.5 Å². The summed E-state index contributed by atoms with van der Waals surface area (Å²) in [4.78, 5) is 27.3. The maximum absolute atomic E-state index is 13.4. The number of methoxy groups -OCH3 is 1. The number of nitrogens with one attached hydrogen (secondary N) is 1. The molecule has 0 unspecified atom stereocenters. The van der Waals surface area contributed by atoms with E-state index in [2.05, 4.69) is 5.32 Å². The molecule has 0 heterocycles. The number of rotatable bonds is 10. The van der Waals surface area contributed by atoms with Gasteiger partial charge in [-0.3, -0.25) is 13.9 Å². The predicted octanol–water partition coefficient (Wildman–Crippen LogP) is 3.32. The van der Waals surface area contributed by atoms with Gasteiger partial charge in [0.1, 0.15) is 18.3 Å². The van der Waals surface area contributed by atoms with Crippen molar-refractivity contribution in [3.05, 3.63) is 58.1 Å². The lowest BCUT2D eigenvalue weighted by Crippen LogP contribution is -2.51. The molecule has 33 heavy (non-hydrogen) atoms. The second kappa shape index (κ2) is 11.6. The van der Waals surface area contributed by atoms with Crippen LogP contribution in [0.4, 0.5) is 5.69 Å². The van der Waals surface area contributed by atoms with Crippen LogP contribution in [0.1, 0.15) is 18.9 Å². The fourth-order valence-electron chi connectivity index (χ4n) is 3.28. The minimum Gasteiger partial charge on any atom is -0.497 e. The van der Waals surface area contributed by atoms with Crippen molar-refractivity contribution in [2.75, 3.05) is 31.3 Å². The third kappa shape index (κ3) is 6.99. The van der Waals surface area contributed by atoms with Crippen molar-refractivity contribution < 1.29 is 22.7 Å². The first-order valence-corrected chi connectivity index (χ1v) is 12.7. The van der Waals surface area contributed by atoms with Gasteiger partial charge in [0, 0.05) is 13.6 Å². The van der Waals surface area contributed by atoms with Crippen LogP contribution in [0.25, 0.3) is 0 Å². The molecule has 2 amide bonds. The van der Waals surface area contributed by atoms with Crippen molar-refractivity contribution in [2.45, 2.75) is 25.9 Å². The number of amides is 2. The van der Waals surface area contributed by atoms with E-state index in [1.807, 2.05) is 0 Å². The molecule has 0 saturated carbocycles. The van der Waals surface area contributed by atoms with Gasteiger partial charge in [-0.25, -0.2) is 8.42 Å². The summed E-state index contributed by atoms with van der Waals surface area (Å²) in [6.45, 7) is 1.33. The molecule has 180 valence electrons. The van der Waals surface area contributed by atoms with Gasteiger partial charge in [0.25, 0.3) is 0 Å². The second-order valence-corrected chi connectivity index (χ2v) is 10.00. The molecule has 1 atom stereocenters. The van der Waals surface area contributed by atoms with E-state index in [9.17, 15) is 18.0 Å². The summed E-state index contributed by atoms with van der Waals surface area (Å²) >= 11 is 12.1. The maximum Gasteiger partial charge on any atom is 0.244 e. The maximum atomic E-state index is 13.4. The van der Waals surface area contributed by atoms with Gasteiger partial charge >= 0.3 is 0 Å². The standard InChI is InChI=1S/C22H27Cl2N3O5S/c1-5-20(22(29)25-2)26(13-15-6-11-18(23)19(24)12-15)21(28)14-27(33(4,30)31)16-7-9-17(32-3)10-8-16/h6-12,20H,5,13-14H2,1-4H3,(H,25,29)/t20-/m1/s1. The Kier molecular flexibility index (Phi) is 9.39. The zero-order valence-corrected chi connectivity index (χ0v) is 21.2. The van der Waals surface area contributed by atoms with E-state index >= 15 is 0 Å². The molecule has 0 bridgehead atoms. The molecule has 11 heteroatoms. The second-order valence-electron chi connectivity index (χ2n) is 7.28. The number of carbonyl (C=O) groups is 2. The summed E-state index contributed by atoms with van der Waals surface area (Å²) in [6.07, 6.45) is 1.35. The minimum absolute atomic E-state index is 0.0435. The molecule has 0 spiro atoms. The monoisotopic (exact) mass is 515 g/mol. The average Bonchev–Trinajstić information content (AvgIpc) is 2.78. The number of ether oxygens (including phenoxy) is 1. The van der Waals surface area contributed by atoms with Gasteiger partial charge in [0.15, 0.2) is 0 Å². The zero-order chi connectivity index (χ0) is 24.8. The molecule has 0 radical (unpaired) electrons. The highest BCUT2D eigenvalue weighted by Crippen LogP contribution is 2.25. The quantitative estimate of drug-likeness (QED) is 0.523. The molecule has 0 saturated heterocycles. The summed E-state index contributed by atoms with van der Waals surface area (Å²) in [6, 6.07) is 10.4. The van der Waals surface area contributed by atoms with E-state index in [0.29, 0.717) is 33.5 Å². The zero-order valence-electron chi connectivity index (χ0n) is 18.8. The summed E-state index contributed by atoms with van der Waals surface area (Å²) in [7, 11) is -0.827. The molecule has 1 N–H and O–H groups in total. The molecule has 2 aromatic carbocycles. The Bertz CT molecular complexity index is 1090. The van der Waals surface area contributed by atoms with E-state index in [1.165, 1.54) is 19.1 Å². The fraction of sp³-hybridized carbons (Fsp3) is 0.364. The lowest BCUT2D eigenvalue weighted by molar-refractivity contribution is -0.140. The van der Waals surface area contributed by atoms with Gasteiger partial charge in [0.05, 0.1) is 29.1 Å². The van der Waals surface area contributed by atoms with Crippen LogP contribution >= 0.6 is 23.2 Å². The molecule has 0 aromatic heterocycles. The summed E-state index contributed by atoms with van der Waals surface area (Å²) in [5.74, 6) is -0.357. The molecule has 0 aliphatic carbocycles. The average molecular weight is 516 g/mol. The molecule has 0 fully saturated rings. The molecule has 0 aliphatic rings. The topological polar surface area (TPSA) is 96.0 Å². The predicted molar refractivity (Wildman–Crippen MR) is 130 cm³/mol. The molecular weight excluding hydrogens is 489 g/mol. The first kappa shape index (κ1) is 26.8. The minimum atomic E-state index is -3.80. The highest BCUT2D eigenvalue weighted by molar-refractivity contribution is 7.92. The Hall–Kier alpha value is -2.49. The largest absolute Gasteiger partial charge is 0.497 e. The first-order valence-electron chi connectivity index (χ1n) is 10.1. The summed E-state index contributed by atoms with van der Waals surface area (Å²) in [5.41, 5.74) is 0.949. The Balaban J connectivity index is 2.43. The number of nitrogens with zero attached hydrogens (tertiary/aromatic N) is 2. The van der Waals surface area contributed by atoms with Crippen LogP contribution < -0.4 is 14.4 Å². The highest BCUT2D eigenvalue weighted by atomic mass is 35.5. The van der Waals surface area contributed by atoms with Gasteiger partial charge < -0.3 is 15.0 Å². The van der Waals surface area contributed by atoms with Crippen LogP contribution in [0.5, 0.6) is 5.75 Å². The Labute approximate surface area is 204 Å². The van der Waals surface area contributed by atoms with Crippen LogP contribution in [0.2, 0.25) is 10.0 Å². The van der Waals surface area contributed by atoms with E-state index in [4.69, 9.17) is 27.9 Å². The summed E-state index contributed by atoms with van der Waals surface area (Å²) < 4.78 is 31.2. The van der Waals surface area contributed by atoms with Crippen LogP contribution in [0, 0.1) is 0 Å². The number of hydrogen-bond donors (Lipinski definition) is 1. The number of hydrogen-bond acceptors (Lipinski definition) is 5. The van der Waals surface area contributed by atoms with E-state index in [0.717, 1.165) is 10.6 Å². The van der Waals surface area contributed by atoms with Gasteiger partial charge in [-0.2, -0.15) is 0 Å². The van der Waals surface area contributed by atoms with Crippen molar-refractivity contribution >= 4 is 50.7 Å². The van der Waals surface area contributed by atoms with Crippen molar-refractivity contribution in [3.63, 3.8) is 0 Å². The Morgan fingerprint density at radius 3 is 2.21 bits per heavy atom. The highest BCUT2D eigenvalue weighted by Gasteiger charge is 2.31. The van der Waals surface area contributed by atoms with Crippen molar-refractivity contribution in [1.29, 1.82) is 0 Å². The number of carbonyl (C=O) groups excluding carboxylic acids is 2. The SMILES string of the molecule is CC[C@H](C(=O)NC)N(Cc1ccc(Cl)c(Cl)c1)C(=O)CN(c1ccc(OC)cc1)S(C)(=O)=O. The lowest BCUT2D eigenvalue weighted by atomic mass is 10.1. The number of sulfonamides is 1. The molecule has 8 nitrogen and oxygen atoms in total.